The molecule has 0 saturated heterocycles. The van der Waals surface area contributed by atoms with Gasteiger partial charge < -0.3 is 15.6 Å². The van der Waals surface area contributed by atoms with Crippen molar-refractivity contribution in [3.8, 4) is 0 Å². The normalized spacial score (nSPS) is 23.8. The Kier molecular flexibility index (Phi) is 4.46. The van der Waals surface area contributed by atoms with E-state index in [0.717, 1.165) is 68.1 Å². The van der Waals surface area contributed by atoms with Gasteiger partial charge in [0.1, 0.15) is 0 Å². The van der Waals surface area contributed by atoms with Crippen LogP contribution in [0.15, 0.2) is 10.6 Å². The Morgan fingerprint density at radius 1 is 1.28 bits per heavy atom. The van der Waals surface area contributed by atoms with Crippen molar-refractivity contribution in [1.82, 2.24) is 15.5 Å². The summed E-state index contributed by atoms with van der Waals surface area (Å²) in [7, 11) is 0. The van der Waals surface area contributed by atoms with Crippen molar-refractivity contribution in [2.75, 3.05) is 0 Å². The number of aromatic nitrogens is 2. The minimum Gasteiger partial charge on any atom is -0.349 e. The fourth-order valence-electron chi connectivity index (χ4n) is 3.73. The molecule has 2 aromatic rings. The van der Waals surface area contributed by atoms with Gasteiger partial charge in [0.05, 0.1) is 16.6 Å². The van der Waals surface area contributed by atoms with Crippen molar-refractivity contribution >= 4 is 17.0 Å². The van der Waals surface area contributed by atoms with Crippen molar-refractivity contribution in [2.24, 2.45) is 5.73 Å². The van der Waals surface area contributed by atoms with Gasteiger partial charge in [0.15, 0.2) is 0 Å². The van der Waals surface area contributed by atoms with Crippen LogP contribution in [-0.2, 0) is 6.42 Å². The van der Waals surface area contributed by atoms with Crippen molar-refractivity contribution < 1.29 is 9.32 Å². The van der Waals surface area contributed by atoms with E-state index in [0.29, 0.717) is 17.2 Å². The van der Waals surface area contributed by atoms with Crippen LogP contribution in [0.5, 0.6) is 0 Å². The summed E-state index contributed by atoms with van der Waals surface area (Å²) in [6, 6.07) is 2.44. The van der Waals surface area contributed by atoms with Gasteiger partial charge in [-0.05, 0) is 51.0 Å². The molecule has 0 aromatic carbocycles. The number of fused-ring (bicyclic) bond motifs is 1. The van der Waals surface area contributed by atoms with E-state index >= 15 is 0 Å². The number of hydrogen-bond donors (Lipinski definition) is 2. The standard InChI is InChI=1S/C19H26N4O2/c1-2-3-15-17-14(18(24)21-13-8-6-12(20)7-9-13)10-16(11-4-5-11)22-19(17)25-23-15/h10-13H,2-9,20H2,1H3,(H,21,24). The maximum atomic E-state index is 13.0. The summed E-state index contributed by atoms with van der Waals surface area (Å²) < 4.78 is 5.46. The van der Waals surface area contributed by atoms with Gasteiger partial charge in [0, 0.05) is 23.7 Å². The van der Waals surface area contributed by atoms with E-state index in [9.17, 15) is 4.79 Å². The van der Waals surface area contributed by atoms with Crippen molar-refractivity contribution in [3.63, 3.8) is 0 Å². The van der Waals surface area contributed by atoms with Crippen LogP contribution in [0.4, 0.5) is 0 Å². The van der Waals surface area contributed by atoms with E-state index in [1.54, 1.807) is 0 Å². The molecule has 0 bridgehead atoms. The number of nitrogens with one attached hydrogen (secondary N) is 1. The summed E-state index contributed by atoms with van der Waals surface area (Å²) in [5, 5.41) is 8.16. The first-order chi connectivity index (χ1) is 12.2. The number of amides is 1. The molecule has 6 heteroatoms. The molecular formula is C19H26N4O2. The molecular weight excluding hydrogens is 316 g/mol. The highest BCUT2D eigenvalue weighted by Gasteiger charge is 2.30. The minimum absolute atomic E-state index is 0.0321. The second kappa shape index (κ2) is 6.75. The lowest BCUT2D eigenvalue weighted by atomic mass is 9.91. The predicted molar refractivity (Wildman–Crippen MR) is 95.5 cm³/mol. The monoisotopic (exact) mass is 342 g/mol. The minimum atomic E-state index is -0.0321. The van der Waals surface area contributed by atoms with Gasteiger partial charge in [-0.2, -0.15) is 0 Å². The van der Waals surface area contributed by atoms with Gasteiger partial charge in [-0.1, -0.05) is 18.5 Å². The van der Waals surface area contributed by atoms with Crippen molar-refractivity contribution in [3.05, 3.63) is 23.0 Å². The highest BCUT2D eigenvalue weighted by Crippen LogP contribution is 2.40. The first kappa shape index (κ1) is 16.5. The Labute approximate surface area is 147 Å². The average Bonchev–Trinajstić information content (AvgIpc) is 3.39. The smallest absolute Gasteiger partial charge is 0.259 e. The topological polar surface area (TPSA) is 94.0 Å². The molecule has 0 spiro atoms. The molecule has 2 aliphatic rings. The molecule has 0 radical (unpaired) electrons. The molecule has 25 heavy (non-hydrogen) atoms. The van der Waals surface area contributed by atoms with Gasteiger partial charge >= 0.3 is 0 Å². The molecule has 1 amide bonds. The Bertz CT molecular complexity index is 773. The third-order valence-electron chi connectivity index (χ3n) is 5.37. The van der Waals surface area contributed by atoms with Crippen LogP contribution >= 0.6 is 0 Å². The fraction of sp³-hybridized carbons (Fsp3) is 0.632. The van der Waals surface area contributed by atoms with E-state index in [-0.39, 0.29) is 18.0 Å². The average molecular weight is 342 g/mol. The lowest BCUT2D eigenvalue weighted by molar-refractivity contribution is 0.0927. The van der Waals surface area contributed by atoms with E-state index in [1.165, 1.54) is 0 Å². The first-order valence-corrected chi connectivity index (χ1v) is 9.51. The summed E-state index contributed by atoms with van der Waals surface area (Å²) in [5.74, 6) is 0.429. The first-order valence-electron chi connectivity index (χ1n) is 9.51. The van der Waals surface area contributed by atoms with Crippen LogP contribution in [0.3, 0.4) is 0 Å². The zero-order chi connectivity index (χ0) is 17.4. The molecule has 2 saturated carbocycles. The van der Waals surface area contributed by atoms with Crippen molar-refractivity contribution in [1.29, 1.82) is 0 Å². The Morgan fingerprint density at radius 3 is 2.72 bits per heavy atom. The summed E-state index contributed by atoms with van der Waals surface area (Å²) in [5.41, 5.74) is 8.94. The molecule has 0 unspecified atom stereocenters. The van der Waals surface area contributed by atoms with Crippen LogP contribution in [0.2, 0.25) is 0 Å². The fourth-order valence-corrected chi connectivity index (χ4v) is 3.73. The van der Waals surface area contributed by atoms with Crippen LogP contribution in [0, 0.1) is 0 Å². The summed E-state index contributed by atoms with van der Waals surface area (Å²) in [6.07, 6.45) is 7.84. The lowest BCUT2D eigenvalue weighted by Gasteiger charge is -2.26. The van der Waals surface area contributed by atoms with Gasteiger partial charge in [-0.25, -0.2) is 4.98 Å². The third kappa shape index (κ3) is 3.40. The summed E-state index contributed by atoms with van der Waals surface area (Å²) in [6.45, 7) is 2.09. The number of aryl methyl sites for hydroxylation is 1. The van der Waals surface area contributed by atoms with Gasteiger partial charge in [0.2, 0.25) is 0 Å². The molecule has 0 atom stereocenters. The Balaban J connectivity index is 1.65. The van der Waals surface area contributed by atoms with Crippen LogP contribution < -0.4 is 11.1 Å². The largest absolute Gasteiger partial charge is 0.349 e. The zero-order valence-electron chi connectivity index (χ0n) is 14.8. The van der Waals surface area contributed by atoms with Gasteiger partial charge in [0.25, 0.3) is 11.6 Å². The predicted octanol–water partition coefficient (Wildman–Crippen LogP) is 3.05. The van der Waals surface area contributed by atoms with Crippen LogP contribution in [-0.4, -0.2) is 28.1 Å². The third-order valence-corrected chi connectivity index (χ3v) is 5.37. The molecule has 3 N–H and O–H groups in total. The quantitative estimate of drug-likeness (QED) is 0.871. The molecule has 2 heterocycles. The summed E-state index contributed by atoms with van der Waals surface area (Å²) >= 11 is 0. The number of hydrogen-bond acceptors (Lipinski definition) is 5. The highest BCUT2D eigenvalue weighted by molar-refractivity contribution is 6.06. The van der Waals surface area contributed by atoms with E-state index < -0.39 is 0 Å². The van der Waals surface area contributed by atoms with E-state index in [4.69, 9.17) is 10.3 Å². The number of pyridine rings is 1. The molecule has 134 valence electrons. The molecule has 6 nitrogen and oxygen atoms in total. The van der Waals surface area contributed by atoms with Gasteiger partial charge in [-0.3, -0.25) is 4.79 Å². The second-order valence-electron chi connectivity index (χ2n) is 7.51. The van der Waals surface area contributed by atoms with Gasteiger partial charge in [-0.15, -0.1) is 0 Å². The Morgan fingerprint density at radius 2 is 2.04 bits per heavy atom. The highest BCUT2D eigenvalue weighted by atomic mass is 16.5. The summed E-state index contributed by atoms with van der Waals surface area (Å²) in [4.78, 5) is 17.6. The number of nitrogens with zero attached hydrogens (tertiary/aromatic N) is 2. The van der Waals surface area contributed by atoms with E-state index in [2.05, 4.69) is 22.4 Å². The number of carbonyl (C=O) groups excluding carboxylic acids is 1. The van der Waals surface area contributed by atoms with Crippen molar-refractivity contribution in [2.45, 2.75) is 76.3 Å². The van der Waals surface area contributed by atoms with Crippen LogP contribution in [0.25, 0.3) is 11.1 Å². The molecule has 2 aromatic heterocycles. The number of rotatable bonds is 5. The maximum Gasteiger partial charge on any atom is 0.259 e. The maximum absolute atomic E-state index is 13.0. The Hall–Kier alpha value is -1.95. The molecule has 2 fully saturated rings. The lowest BCUT2D eigenvalue weighted by Crippen LogP contribution is -2.40. The zero-order valence-corrected chi connectivity index (χ0v) is 14.8. The molecule has 2 aliphatic carbocycles. The molecule has 4 rings (SSSR count). The van der Waals surface area contributed by atoms with Crippen LogP contribution in [0.1, 0.15) is 79.5 Å². The SMILES string of the molecule is CCCc1noc2nc(C3CC3)cc(C(=O)NC3CCC(N)CC3)c12. The molecule has 0 aliphatic heterocycles. The number of carbonyl (C=O) groups is 1. The van der Waals surface area contributed by atoms with E-state index in [1.807, 2.05) is 6.07 Å². The second-order valence-corrected chi connectivity index (χ2v) is 7.51. The number of nitrogens with two attached hydrogens (primary N) is 1.